The maximum atomic E-state index is 10.5. The maximum absolute atomic E-state index is 10.5. The van der Waals surface area contributed by atoms with E-state index in [1.165, 1.54) is 11.1 Å². The number of rotatable bonds is 7. The van der Waals surface area contributed by atoms with Crippen molar-refractivity contribution in [3.8, 4) is 0 Å². The number of hydrogen-bond donors (Lipinski definition) is 1. The highest BCUT2D eigenvalue weighted by atomic mass is 16.3. The van der Waals surface area contributed by atoms with Gasteiger partial charge in [-0.3, -0.25) is 0 Å². The van der Waals surface area contributed by atoms with Crippen LogP contribution in [-0.4, -0.2) is 11.7 Å². The lowest BCUT2D eigenvalue weighted by Crippen LogP contribution is -2.48. The van der Waals surface area contributed by atoms with Gasteiger partial charge in [-0.15, -0.1) is 0 Å². The molecule has 0 atom stereocenters. The Morgan fingerprint density at radius 2 is 1.04 bits per heavy atom. The summed E-state index contributed by atoms with van der Waals surface area (Å²) in [6, 6.07) is 21.6. The van der Waals surface area contributed by atoms with Gasteiger partial charge in [0.1, 0.15) is 0 Å². The maximum Gasteiger partial charge on any atom is 0.0493 e. The average Bonchev–Trinajstić information content (AvgIpc) is 2.59. The molecule has 0 saturated carbocycles. The largest absolute Gasteiger partial charge is 0.396 e. The zero-order valence-electron chi connectivity index (χ0n) is 18.3. The minimum absolute atomic E-state index is 0.121. The van der Waals surface area contributed by atoms with Gasteiger partial charge in [-0.05, 0) is 34.8 Å². The van der Waals surface area contributed by atoms with Crippen molar-refractivity contribution in [1.82, 2.24) is 0 Å². The predicted molar refractivity (Wildman–Crippen MR) is 117 cm³/mol. The van der Waals surface area contributed by atoms with E-state index in [1.54, 1.807) is 0 Å². The van der Waals surface area contributed by atoms with E-state index in [-0.39, 0.29) is 28.3 Å². The second-order valence-corrected chi connectivity index (χ2v) is 10.8. The molecule has 0 amide bonds. The quantitative estimate of drug-likeness (QED) is 0.568. The zero-order chi connectivity index (χ0) is 20.3. The van der Waals surface area contributed by atoms with Crippen LogP contribution in [0.3, 0.4) is 0 Å². The first-order valence-electron chi connectivity index (χ1n) is 10.2. The van der Waals surface area contributed by atoms with Crippen LogP contribution in [0.25, 0.3) is 0 Å². The number of aliphatic hydroxyl groups excluding tert-OH is 1. The third kappa shape index (κ3) is 4.82. The summed E-state index contributed by atoms with van der Waals surface area (Å²) in [5.41, 5.74) is 2.39. The third-order valence-corrected chi connectivity index (χ3v) is 5.84. The summed E-state index contributed by atoms with van der Waals surface area (Å²) >= 11 is 0. The van der Waals surface area contributed by atoms with Crippen molar-refractivity contribution in [3.05, 3.63) is 71.8 Å². The molecule has 0 aliphatic carbocycles. The Hall–Kier alpha value is -1.60. The van der Waals surface area contributed by atoms with E-state index in [1.807, 2.05) is 0 Å². The topological polar surface area (TPSA) is 20.2 Å². The Morgan fingerprint density at radius 1 is 0.630 bits per heavy atom. The van der Waals surface area contributed by atoms with Gasteiger partial charge in [-0.25, -0.2) is 0 Å². The first-order valence-corrected chi connectivity index (χ1v) is 10.2. The molecule has 0 bridgehead atoms. The molecule has 2 rings (SSSR count). The summed E-state index contributed by atoms with van der Waals surface area (Å²) in [7, 11) is 0. The Labute approximate surface area is 166 Å². The second-order valence-electron chi connectivity index (χ2n) is 10.8. The molecule has 2 aromatic rings. The van der Waals surface area contributed by atoms with Crippen molar-refractivity contribution in [3.63, 3.8) is 0 Å². The summed E-state index contributed by atoms with van der Waals surface area (Å²) in [4.78, 5) is 0. The average molecular weight is 367 g/mol. The van der Waals surface area contributed by atoms with Crippen LogP contribution in [0.2, 0.25) is 0 Å². The highest BCUT2D eigenvalue weighted by molar-refractivity contribution is 5.42. The van der Waals surface area contributed by atoms with Crippen molar-refractivity contribution >= 4 is 0 Å². The van der Waals surface area contributed by atoms with Gasteiger partial charge >= 0.3 is 0 Å². The number of benzene rings is 2. The van der Waals surface area contributed by atoms with E-state index in [4.69, 9.17) is 0 Å². The molecule has 0 spiro atoms. The predicted octanol–water partition coefficient (Wildman–Crippen LogP) is 6.84. The van der Waals surface area contributed by atoms with Crippen LogP contribution in [0.4, 0.5) is 0 Å². The van der Waals surface area contributed by atoms with Crippen LogP contribution in [0.15, 0.2) is 60.7 Å². The molecule has 0 unspecified atom stereocenters. The van der Waals surface area contributed by atoms with Crippen molar-refractivity contribution in [1.29, 1.82) is 0 Å². The minimum atomic E-state index is -0.301. The molecular weight excluding hydrogens is 328 g/mol. The van der Waals surface area contributed by atoms with Gasteiger partial charge in [-0.1, -0.05) is 109 Å². The summed E-state index contributed by atoms with van der Waals surface area (Å²) < 4.78 is 0. The van der Waals surface area contributed by atoms with Gasteiger partial charge in [0.25, 0.3) is 0 Å². The van der Waals surface area contributed by atoms with Crippen LogP contribution >= 0.6 is 0 Å². The Kier molecular flexibility index (Phi) is 6.26. The van der Waals surface area contributed by atoms with Crippen LogP contribution in [0.5, 0.6) is 0 Å². The van der Waals surface area contributed by atoms with Gasteiger partial charge in [0.2, 0.25) is 0 Å². The smallest absolute Gasteiger partial charge is 0.0493 e. The van der Waals surface area contributed by atoms with E-state index in [2.05, 4.69) is 109 Å². The SMILES string of the molecule is CC(C)(C)CC(C)(C)CC(c1ccccc1)(c1ccccc1)C(C)(C)CO. The highest BCUT2D eigenvalue weighted by Gasteiger charge is 2.50. The molecule has 27 heavy (non-hydrogen) atoms. The Bertz CT molecular complexity index is 665. The fraction of sp³-hybridized carbons (Fsp3) is 0.538. The number of aliphatic hydroxyl groups is 1. The highest BCUT2D eigenvalue weighted by Crippen LogP contribution is 2.55. The lowest BCUT2D eigenvalue weighted by molar-refractivity contribution is 0.0483. The first-order chi connectivity index (χ1) is 12.4. The molecule has 1 nitrogen and oxygen atoms in total. The van der Waals surface area contributed by atoms with Gasteiger partial charge in [-0.2, -0.15) is 0 Å². The molecule has 1 heteroatoms. The summed E-state index contributed by atoms with van der Waals surface area (Å²) in [5.74, 6) is 0. The van der Waals surface area contributed by atoms with E-state index in [0.29, 0.717) is 0 Å². The van der Waals surface area contributed by atoms with Gasteiger partial charge < -0.3 is 5.11 Å². The summed E-state index contributed by atoms with van der Waals surface area (Å²) in [5, 5.41) is 10.5. The van der Waals surface area contributed by atoms with Crippen LogP contribution in [0.1, 0.15) is 72.4 Å². The fourth-order valence-corrected chi connectivity index (χ4v) is 5.19. The lowest BCUT2D eigenvalue weighted by atomic mass is 9.52. The van der Waals surface area contributed by atoms with E-state index >= 15 is 0 Å². The van der Waals surface area contributed by atoms with Crippen molar-refractivity contribution in [2.45, 2.75) is 66.7 Å². The molecule has 0 aliphatic heterocycles. The molecule has 0 radical (unpaired) electrons. The third-order valence-electron chi connectivity index (χ3n) is 5.84. The lowest BCUT2D eigenvalue weighted by Gasteiger charge is -2.51. The second kappa shape index (κ2) is 7.80. The molecular formula is C26H38O. The molecule has 0 aliphatic rings. The zero-order valence-corrected chi connectivity index (χ0v) is 18.3. The summed E-state index contributed by atoms with van der Waals surface area (Å²) in [6.45, 7) is 16.3. The minimum Gasteiger partial charge on any atom is -0.396 e. The standard InChI is InChI=1S/C26H38O/c1-23(2,3)18-24(4,5)19-26(25(6,7)20-27,21-14-10-8-11-15-21)22-16-12-9-13-17-22/h8-17,27H,18-20H2,1-7H3. The van der Waals surface area contributed by atoms with Gasteiger partial charge in [0.05, 0.1) is 0 Å². The van der Waals surface area contributed by atoms with Gasteiger partial charge in [0, 0.05) is 17.4 Å². The Balaban J connectivity index is 2.73. The van der Waals surface area contributed by atoms with Crippen molar-refractivity contribution in [2.75, 3.05) is 6.61 Å². The molecule has 1 N–H and O–H groups in total. The van der Waals surface area contributed by atoms with Crippen LogP contribution in [-0.2, 0) is 5.41 Å². The molecule has 0 aromatic heterocycles. The molecule has 0 heterocycles. The van der Waals surface area contributed by atoms with Crippen LogP contribution in [0, 0.1) is 16.2 Å². The van der Waals surface area contributed by atoms with Crippen molar-refractivity contribution in [2.24, 2.45) is 16.2 Å². The van der Waals surface area contributed by atoms with Crippen LogP contribution < -0.4 is 0 Å². The van der Waals surface area contributed by atoms with E-state index < -0.39 is 0 Å². The molecule has 2 aromatic carbocycles. The molecule has 148 valence electrons. The normalized spacial score (nSPS) is 13.6. The molecule has 0 saturated heterocycles. The molecule has 0 fully saturated rings. The number of hydrogen-bond acceptors (Lipinski definition) is 1. The monoisotopic (exact) mass is 366 g/mol. The fourth-order valence-electron chi connectivity index (χ4n) is 5.19. The van der Waals surface area contributed by atoms with Crippen molar-refractivity contribution < 1.29 is 5.11 Å². The first kappa shape index (κ1) is 21.7. The summed E-state index contributed by atoms with van der Waals surface area (Å²) in [6.07, 6.45) is 2.11. The van der Waals surface area contributed by atoms with E-state index in [9.17, 15) is 5.11 Å². The van der Waals surface area contributed by atoms with Gasteiger partial charge in [0.15, 0.2) is 0 Å². The Morgan fingerprint density at radius 3 is 1.37 bits per heavy atom. The van der Waals surface area contributed by atoms with E-state index in [0.717, 1.165) is 12.8 Å².